The molecule has 1 N–H and O–H groups in total. The van der Waals surface area contributed by atoms with Gasteiger partial charge in [0.1, 0.15) is 11.2 Å². The smallest absolute Gasteiger partial charge is 0.323 e. The zero-order valence-corrected chi connectivity index (χ0v) is 19.1. The van der Waals surface area contributed by atoms with Gasteiger partial charge in [-0.25, -0.2) is 0 Å². The lowest BCUT2D eigenvalue weighted by atomic mass is 9.88. The fourth-order valence-corrected chi connectivity index (χ4v) is 3.45. The van der Waals surface area contributed by atoms with Crippen LogP contribution in [0.25, 0.3) is 0 Å². The number of Topliss-reactive ketones (excluding diaryl/α,β-unsaturated/α-hetero) is 1. The second-order valence-electron chi connectivity index (χ2n) is 7.21. The van der Waals surface area contributed by atoms with Crippen LogP contribution in [0.1, 0.15) is 19.4 Å². The molecule has 0 aliphatic carbocycles. The molecule has 33 heavy (non-hydrogen) atoms. The second kappa shape index (κ2) is 11.5. The first-order valence-corrected chi connectivity index (χ1v) is 11.2. The Morgan fingerprint density at radius 2 is 1.70 bits per heavy atom. The van der Waals surface area contributed by atoms with Gasteiger partial charge in [-0.15, -0.1) is 0 Å². The molecule has 1 atom stereocenters. The highest BCUT2D eigenvalue weighted by atomic mass is 32.2. The van der Waals surface area contributed by atoms with Gasteiger partial charge in [0.25, 0.3) is 10.1 Å². The standard InChI is InChI=1S/C23H25NO8S/c1-4-21(26)24-19-10-12-20(13-11-19)33(28,29)32-15-23(3,17(2)25)22(27)31-16-30-14-18-8-6-5-7-9-18/h4-13H,1,14-16H2,2-3H3,(H,24,26). The number of hydrogen-bond acceptors (Lipinski definition) is 8. The Kier molecular flexibility index (Phi) is 9.03. The Morgan fingerprint density at radius 3 is 2.27 bits per heavy atom. The van der Waals surface area contributed by atoms with E-state index in [1.165, 1.54) is 31.2 Å². The maximum atomic E-state index is 12.5. The average molecular weight is 476 g/mol. The van der Waals surface area contributed by atoms with E-state index in [0.29, 0.717) is 5.69 Å². The van der Waals surface area contributed by atoms with Crippen molar-refractivity contribution in [1.82, 2.24) is 0 Å². The maximum absolute atomic E-state index is 12.5. The largest absolute Gasteiger partial charge is 0.438 e. The molecule has 1 unspecified atom stereocenters. The highest BCUT2D eigenvalue weighted by molar-refractivity contribution is 7.86. The summed E-state index contributed by atoms with van der Waals surface area (Å²) in [4.78, 5) is 35.7. The van der Waals surface area contributed by atoms with Crippen molar-refractivity contribution < 1.29 is 36.5 Å². The molecule has 1 amide bonds. The summed E-state index contributed by atoms with van der Waals surface area (Å²) in [5.41, 5.74) is -0.639. The number of carbonyl (C=O) groups excluding carboxylic acids is 3. The number of anilines is 1. The van der Waals surface area contributed by atoms with Gasteiger partial charge in [0, 0.05) is 5.69 Å². The van der Waals surface area contributed by atoms with Crippen LogP contribution in [0.2, 0.25) is 0 Å². The first kappa shape index (κ1) is 25.9. The number of ketones is 1. The van der Waals surface area contributed by atoms with Gasteiger partial charge >= 0.3 is 5.97 Å². The zero-order chi connectivity index (χ0) is 24.5. The van der Waals surface area contributed by atoms with E-state index in [2.05, 4.69) is 11.9 Å². The molecule has 9 nitrogen and oxygen atoms in total. The van der Waals surface area contributed by atoms with Crippen molar-refractivity contribution in [3.63, 3.8) is 0 Å². The third-order valence-corrected chi connectivity index (χ3v) is 5.99. The van der Waals surface area contributed by atoms with Crippen LogP contribution in [0.3, 0.4) is 0 Å². The first-order valence-electron chi connectivity index (χ1n) is 9.81. The molecule has 2 aromatic carbocycles. The summed E-state index contributed by atoms with van der Waals surface area (Å²) in [5, 5.41) is 2.48. The van der Waals surface area contributed by atoms with Gasteiger partial charge in [0.05, 0.1) is 18.1 Å². The molecule has 2 rings (SSSR count). The van der Waals surface area contributed by atoms with E-state index in [9.17, 15) is 22.8 Å². The first-order chi connectivity index (χ1) is 15.6. The molecule has 176 valence electrons. The van der Waals surface area contributed by atoms with Gasteiger partial charge in [-0.3, -0.25) is 18.6 Å². The molecule has 2 aromatic rings. The number of rotatable bonds is 12. The minimum atomic E-state index is -4.30. The van der Waals surface area contributed by atoms with E-state index in [4.69, 9.17) is 13.7 Å². The molecule has 0 bridgehead atoms. The summed E-state index contributed by atoms with van der Waals surface area (Å²) in [7, 11) is -4.30. The third kappa shape index (κ3) is 7.35. The van der Waals surface area contributed by atoms with Gasteiger partial charge in [-0.05, 0) is 49.8 Å². The predicted molar refractivity (Wildman–Crippen MR) is 119 cm³/mol. The maximum Gasteiger partial charge on any atom is 0.323 e. The van der Waals surface area contributed by atoms with Crippen molar-refractivity contribution in [3.8, 4) is 0 Å². The molecule has 0 aliphatic heterocycles. The molecular weight excluding hydrogens is 450 g/mol. The minimum Gasteiger partial charge on any atom is -0.438 e. The average Bonchev–Trinajstić information content (AvgIpc) is 2.81. The fraction of sp³-hybridized carbons (Fsp3) is 0.261. The quantitative estimate of drug-likeness (QED) is 0.124. The van der Waals surface area contributed by atoms with Gasteiger partial charge in [-0.2, -0.15) is 8.42 Å². The van der Waals surface area contributed by atoms with Crippen molar-refractivity contribution in [2.45, 2.75) is 25.3 Å². The number of nitrogens with one attached hydrogen (secondary N) is 1. The van der Waals surface area contributed by atoms with Crippen LogP contribution in [0, 0.1) is 5.41 Å². The lowest BCUT2D eigenvalue weighted by Crippen LogP contribution is -2.41. The summed E-state index contributed by atoms with van der Waals surface area (Å²) in [6, 6.07) is 14.3. The van der Waals surface area contributed by atoms with Crippen LogP contribution < -0.4 is 5.32 Å². The van der Waals surface area contributed by atoms with Gasteiger partial charge in [0.15, 0.2) is 6.79 Å². The number of hydrogen-bond donors (Lipinski definition) is 1. The molecule has 10 heteroatoms. The van der Waals surface area contributed by atoms with E-state index in [-0.39, 0.29) is 11.5 Å². The highest BCUT2D eigenvalue weighted by Gasteiger charge is 2.42. The van der Waals surface area contributed by atoms with E-state index in [1.54, 1.807) is 0 Å². The lowest BCUT2D eigenvalue weighted by Gasteiger charge is -2.24. The van der Waals surface area contributed by atoms with E-state index < -0.39 is 46.6 Å². The monoisotopic (exact) mass is 475 g/mol. The van der Waals surface area contributed by atoms with Crippen molar-refractivity contribution in [3.05, 3.63) is 72.8 Å². The normalized spacial score (nSPS) is 12.9. The summed E-state index contributed by atoms with van der Waals surface area (Å²) in [6.45, 7) is 4.72. The molecule has 0 spiro atoms. The topological polar surface area (TPSA) is 125 Å². The van der Waals surface area contributed by atoms with Crippen LogP contribution in [0.4, 0.5) is 5.69 Å². The predicted octanol–water partition coefficient (Wildman–Crippen LogP) is 2.83. The Labute approximate surface area is 192 Å². The molecule has 0 fully saturated rings. The number of carbonyl (C=O) groups is 3. The molecule has 0 aliphatic rings. The summed E-state index contributed by atoms with van der Waals surface area (Å²) >= 11 is 0. The van der Waals surface area contributed by atoms with E-state index in [1.807, 2.05) is 30.3 Å². The van der Waals surface area contributed by atoms with Gasteiger partial charge < -0.3 is 14.8 Å². The number of ether oxygens (including phenoxy) is 2. The van der Waals surface area contributed by atoms with Crippen LogP contribution >= 0.6 is 0 Å². The SMILES string of the molecule is C=CC(=O)Nc1ccc(S(=O)(=O)OCC(C)(C(C)=O)C(=O)OCOCc2ccccc2)cc1. The summed E-state index contributed by atoms with van der Waals surface area (Å²) < 4.78 is 40.3. The van der Waals surface area contributed by atoms with Gasteiger partial charge in [0.2, 0.25) is 5.91 Å². The Morgan fingerprint density at radius 1 is 1.06 bits per heavy atom. The minimum absolute atomic E-state index is 0.193. The van der Waals surface area contributed by atoms with Crippen molar-refractivity contribution in [2.75, 3.05) is 18.7 Å². The fourth-order valence-electron chi connectivity index (χ4n) is 2.45. The molecule has 0 saturated carbocycles. The molecule has 0 saturated heterocycles. The highest BCUT2D eigenvalue weighted by Crippen LogP contribution is 2.24. The van der Waals surface area contributed by atoms with Crippen molar-refractivity contribution in [1.29, 1.82) is 0 Å². The Balaban J connectivity index is 1.97. The second-order valence-corrected chi connectivity index (χ2v) is 8.82. The van der Waals surface area contributed by atoms with E-state index >= 15 is 0 Å². The lowest BCUT2D eigenvalue weighted by molar-refractivity contribution is -0.172. The number of esters is 1. The van der Waals surface area contributed by atoms with Crippen molar-refractivity contribution in [2.24, 2.45) is 5.41 Å². The van der Waals surface area contributed by atoms with E-state index in [0.717, 1.165) is 18.6 Å². The molecule has 0 aromatic heterocycles. The van der Waals surface area contributed by atoms with Crippen LogP contribution in [0.15, 0.2) is 72.1 Å². The molecule has 0 heterocycles. The van der Waals surface area contributed by atoms with Crippen molar-refractivity contribution >= 4 is 33.5 Å². The third-order valence-electron chi connectivity index (χ3n) is 4.71. The zero-order valence-electron chi connectivity index (χ0n) is 18.3. The van der Waals surface area contributed by atoms with Gasteiger partial charge in [-0.1, -0.05) is 36.9 Å². The molecule has 0 radical (unpaired) electrons. The Bertz CT molecular complexity index is 1100. The van der Waals surface area contributed by atoms with Crippen LogP contribution in [0.5, 0.6) is 0 Å². The number of benzene rings is 2. The summed E-state index contributed by atoms with van der Waals surface area (Å²) in [6.07, 6.45) is 1.07. The molecular formula is C23H25NO8S. The Hall–Kier alpha value is -3.34. The van der Waals surface area contributed by atoms with Crippen LogP contribution in [-0.4, -0.2) is 39.5 Å². The number of amides is 1. The van der Waals surface area contributed by atoms with Crippen LogP contribution in [-0.2, 0) is 44.8 Å². The summed E-state index contributed by atoms with van der Waals surface area (Å²) in [5.74, 6) is -2.06.